The zero-order valence-electron chi connectivity index (χ0n) is 21.1. The summed E-state index contributed by atoms with van der Waals surface area (Å²) in [6.07, 6.45) is 10.2. The lowest BCUT2D eigenvalue weighted by molar-refractivity contribution is 0.310. The minimum atomic E-state index is -0.955. The van der Waals surface area contributed by atoms with Gasteiger partial charge in [-0.15, -0.1) is 0 Å². The first-order valence-corrected chi connectivity index (χ1v) is 13.3. The van der Waals surface area contributed by atoms with Gasteiger partial charge in [0.15, 0.2) is 11.6 Å². The van der Waals surface area contributed by atoms with Crippen LogP contribution in [0.25, 0.3) is 11.1 Å². The summed E-state index contributed by atoms with van der Waals surface area (Å²) in [7, 11) is 0. The molecule has 1 aliphatic rings. The zero-order chi connectivity index (χ0) is 24.8. The Balaban J connectivity index is 1.35. The Labute approximate surface area is 208 Å². The summed E-state index contributed by atoms with van der Waals surface area (Å²) in [6, 6.07) is 17.2. The number of aryl methyl sites for hydroxylation is 3. The Morgan fingerprint density at radius 1 is 0.657 bits per heavy atom. The average molecular weight is 479 g/mol. The summed E-state index contributed by atoms with van der Waals surface area (Å²) >= 11 is 0. The maximum atomic E-state index is 15.0. The molecule has 0 aliphatic heterocycles. The van der Waals surface area contributed by atoms with E-state index in [0.29, 0.717) is 23.8 Å². The lowest BCUT2D eigenvalue weighted by Gasteiger charge is -2.29. The predicted octanol–water partition coefficient (Wildman–Crippen LogP) is 9.58. The highest BCUT2D eigenvalue weighted by atomic mass is 19.2. The van der Waals surface area contributed by atoms with Gasteiger partial charge in [-0.2, -0.15) is 0 Å². The van der Waals surface area contributed by atoms with Gasteiger partial charge in [-0.25, -0.2) is 13.2 Å². The smallest absolute Gasteiger partial charge is 0.167 e. The van der Waals surface area contributed by atoms with E-state index in [1.165, 1.54) is 36.1 Å². The summed E-state index contributed by atoms with van der Waals surface area (Å²) in [4.78, 5) is 0. The molecule has 1 saturated carbocycles. The highest BCUT2D eigenvalue weighted by Crippen LogP contribution is 2.39. The molecule has 0 N–H and O–H groups in total. The lowest BCUT2D eigenvalue weighted by Crippen LogP contribution is -2.14. The molecule has 0 amide bonds. The molecule has 3 heteroatoms. The maximum absolute atomic E-state index is 15.0. The van der Waals surface area contributed by atoms with Gasteiger partial charge in [-0.3, -0.25) is 0 Å². The van der Waals surface area contributed by atoms with Gasteiger partial charge in [0, 0.05) is 11.1 Å². The van der Waals surface area contributed by atoms with Crippen molar-refractivity contribution in [3.63, 3.8) is 0 Å². The van der Waals surface area contributed by atoms with E-state index in [4.69, 9.17) is 0 Å². The second-order valence-corrected chi connectivity index (χ2v) is 10.2. The van der Waals surface area contributed by atoms with Crippen molar-refractivity contribution < 1.29 is 13.2 Å². The molecule has 0 nitrogen and oxygen atoms in total. The van der Waals surface area contributed by atoms with E-state index >= 15 is 4.39 Å². The van der Waals surface area contributed by atoms with Gasteiger partial charge in [-0.1, -0.05) is 75.2 Å². The third-order valence-corrected chi connectivity index (χ3v) is 7.69. The Hall–Kier alpha value is -2.55. The molecule has 0 atom stereocenters. The van der Waals surface area contributed by atoms with Crippen LogP contribution in [0.2, 0.25) is 0 Å². The summed E-state index contributed by atoms with van der Waals surface area (Å²) in [5.41, 5.74) is 4.27. The molecular weight excluding hydrogens is 441 g/mol. The molecule has 0 aromatic heterocycles. The quantitative estimate of drug-likeness (QED) is 0.287. The van der Waals surface area contributed by atoms with E-state index in [0.717, 1.165) is 50.5 Å². The van der Waals surface area contributed by atoms with Crippen LogP contribution in [-0.2, 0) is 19.3 Å². The fourth-order valence-electron chi connectivity index (χ4n) is 5.58. The molecule has 186 valence electrons. The van der Waals surface area contributed by atoms with Gasteiger partial charge in [0.2, 0.25) is 0 Å². The first-order valence-electron chi connectivity index (χ1n) is 13.3. The van der Waals surface area contributed by atoms with Crippen molar-refractivity contribution in [2.24, 2.45) is 5.92 Å². The van der Waals surface area contributed by atoms with Crippen LogP contribution < -0.4 is 0 Å². The molecule has 0 spiro atoms. The first kappa shape index (κ1) is 25.5. The Morgan fingerprint density at radius 3 is 1.91 bits per heavy atom. The topological polar surface area (TPSA) is 0 Å². The second-order valence-electron chi connectivity index (χ2n) is 10.2. The van der Waals surface area contributed by atoms with Crippen LogP contribution in [0.4, 0.5) is 13.2 Å². The van der Waals surface area contributed by atoms with Crippen LogP contribution in [0, 0.1) is 23.4 Å². The average Bonchev–Trinajstić information content (AvgIpc) is 2.87. The zero-order valence-corrected chi connectivity index (χ0v) is 21.1. The molecule has 35 heavy (non-hydrogen) atoms. The normalized spacial score (nSPS) is 18.1. The largest absolute Gasteiger partial charge is 0.206 e. The Kier molecular flexibility index (Phi) is 8.70. The minimum Gasteiger partial charge on any atom is -0.206 e. The molecule has 3 aromatic rings. The molecule has 1 aliphatic carbocycles. The van der Waals surface area contributed by atoms with Crippen LogP contribution in [0.3, 0.4) is 0 Å². The lowest BCUT2D eigenvalue weighted by atomic mass is 9.76. The van der Waals surface area contributed by atoms with Crippen molar-refractivity contribution in [2.45, 2.75) is 84.0 Å². The standard InChI is InChI=1S/C32H37F3/c1-3-5-22-7-9-23(10-8-22)11-12-24-13-15-25(16-14-24)27-18-19-28(30(33)21-27)29-20-17-26(6-4-2)31(34)32(29)35/h7-10,17-21,24-25H,3-6,11-16H2,1-2H3. The van der Waals surface area contributed by atoms with Crippen molar-refractivity contribution in [3.8, 4) is 11.1 Å². The summed E-state index contributed by atoms with van der Waals surface area (Å²) < 4.78 is 44.1. The third kappa shape index (κ3) is 6.18. The second kappa shape index (κ2) is 11.9. The van der Waals surface area contributed by atoms with Crippen molar-refractivity contribution in [2.75, 3.05) is 0 Å². The molecule has 0 saturated heterocycles. The van der Waals surface area contributed by atoms with E-state index in [9.17, 15) is 8.78 Å². The first-order chi connectivity index (χ1) is 17.0. The van der Waals surface area contributed by atoms with Gasteiger partial charge in [0.1, 0.15) is 5.82 Å². The number of rotatable bonds is 9. The molecule has 4 rings (SSSR count). The van der Waals surface area contributed by atoms with E-state index in [1.807, 2.05) is 13.0 Å². The van der Waals surface area contributed by atoms with Gasteiger partial charge in [0.05, 0.1) is 0 Å². The van der Waals surface area contributed by atoms with E-state index in [-0.39, 0.29) is 11.1 Å². The van der Waals surface area contributed by atoms with Crippen LogP contribution in [-0.4, -0.2) is 0 Å². The molecule has 1 fully saturated rings. The number of hydrogen-bond donors (Lipinski definition) is 0. The van der Waals surface area contributed by atoms with Crippen molar-refractivity contribution in [1.29, 1.82) is 0 Å². The monoisotopic (exact) mass is 478 g/mol. The van der Waals surface area contributed by atoms with E-state index < -0.39 is 17.5 Å². The van der Waals surface area contributed by atoms with Crippen molar-refractivity contribution in [3.05, 3.63) is 94.3 Å². The fourth-order valence-corrected chi connectivity index (χ4v) is 5.58. The van der Waals surface area contributed by atoms with Crippen molar-refractivity contribution >= 4 is 0 Å². The predicted molar refractivity (Wildman–Crippen MR) is 139 cm³/mol. The van der Waals surface area contributed by atoms with Gasteiger partial charge >= 0.3 is 0 Å². The molecule has 3 aromatic carbocycles. The van der Waals surface area contributed by atoms with Crippen molar-refractivity contribution in [1.82, 2.24) is 0 Å². The van der Waals surface area contributed by atoms with Gasteiger partial charge in [0.25, 0.3) is 0 Å². The van der Waals surface area contributed by atoms with Gasteiger partial charge < -0.3 is 0 Å². The molecule has 0 bridgehead atoms. The summed E-state index contributed by atoms with van der Waals surface area (Å²) in [6.45, 7) is 4.13. The SMILES string of the molecule is CCCc1ccc(CCC2CCC(c3ccc(-c4ccc(CCC)c(F)c4F)c(F)c3)CC2)cc1. The number of hydrogen-bond acceptors (Lipinski definition) is 0. The number of halogens is 3. The maximum Gasteiger partial charge on any atom is 0.167 e. The van der Waals surface area contributed by atoms with Gasteiger partial charge in [-0.05, 0) is 91.5 Å². The Morgan fingerprint density at radius 2 is 1.29 bits per heavy atom. The van der Waals surface area contributed by atoms with E-state index in [1.54, 1.807) is 12.1 Å². The molecular formula is C32H37F3. The highest BCUT2D eigenvalue weighted by Gasteiger charge is 2.24. The number of benzene rings is 3. The molecule has 0 unspecified atom stereocenters. The minimum absolute atomic E-state index is 0.00200. The highest BCUT2D eigenvalue weighted by molar-refractivity contribution is 5.66. The van der Waals surface area contributed by atoms with E-state index in [2.05, 4.69) is 31.2 Å². The molecule has 0 radical (unpaired) electrons. The van der Waals surface area contributed by atoms with Crippen LogP contribution in [0.15, 0.2) is 54.6 Å². The summed E-state index contributed by atoms with van der Waals surface area (Å²) in [5.74, 6) is -1.25. The molecule has 0 heterocycles. The van der Waals surface area contributed by atoms with Crippen LogP contribution >= 0.6 is 0 Å². The summed E-state index contributed by atoms with van der Waals surface area (Å²) in [5, 5.41) is 0. The van der Waals surface area contributed by atoms with Crippen LogP contribution in [0.1, 0.15) is 87.0 Å². The van der Waals surface area contributed by atoms with Crippen LogP contribution in [0.5, 0.6) is 0 Å². The fraction of sp³-hybridized carbons (Fsp3) is 0.438. The third-order valence-electron chi connectivity index (χ3n) is 7.69. The Bertz CT molecular complexity index is 1110.